The zero-order valence-electron chi connectivity index (χ0n) is 17.6. The summed E-state index contributed by atoms with van der Waals surface area (Å²) in [5.74, 6) is -0.447. The van der Waals surface area contributed by atoms with E-state index in [1.807, 2.05) is 11.8 Å². The molecule has 2 aliphatic heterocycles. The average molecular weight is 430 g/mol. The summed E-state index contributed by atoms with van der Waals surface area (Å²) in [5, 5.41) is 11.1. The van der Waals surface area contributed by atoms with Crippen molar-refractivity contribution in [1.82, 2.24) is 30.1 Å². The molecule has 1 aromatic carbocycles. The lowest BCUT2D eigenvalue weighted by Gasteiger charge is -2.34. The van der Waals surface area contributed by atoms with Gasteiger partial charge in [-0.05, 0) is 24.1 Å². The Balaban J connectivity index is 1.34. The molecule has 0 unspecified atom stereocenters. The molecule has 1 fully saturated rings. The molecule has 166 valence electrons. The molecule has 1 aromatic heterocycles. The topological polar surface area (TPSA) is 92.6 Å². The van der Waals surface area contributed by atoms with E-state index >= 15 is 0 Å². The molecule has 2 amide bonds. The molecule has 3 heterocycles. The van der Waals surface area contributed by atoms with Crippen LogP contribution in [0.1, 0.15) is 41.2 Å². The third-order valence-electron chi connectivity index (χ3n) is 5.64. The number of benzene rings is 1. The highest BCUT2D eigenvalue weighted by atomic mass is 19.1. The number of hydrogen-bond donors (Lipinski definition) is 1. The number of carbonyl (C=O) groups excluding carboxylic acids is 2. The van der Waals surface area contributed by atoms with E-state index < -0.39 is 0 Å². The number of rotatable bonds is 6. The molecule has 0 radical (unpaired) electrons. The Morgan fingerprint density at radius 1 is 1.19 bits per heavy atom. The van der Waals surface area contributed by atoms with E-state index in [1.54, 1.807) is 21.7 Å². The standard InChI is InChI=1S/C21H27FN6O3/c1-2-7-23-19(29)13-26-8-10-27(11-9-26)21(30)20-17-14-31-18(12-28(17)25-24-20)15-3-5-16(22)6-4-15/h3-6,18H,2,7-14H2,1H3,(H,23,29)/t18-/m1/s1. The molecule has 0 aliphatic carbocycles. The van der Waals surface area contributed by atoms with Gasteiger partial charge in [0.25, 0.3) is 5.91 Å². The number of aromatic nitrogens is 3. The van der Waals surface area contributed by atoms with E-state index in [0.717, 1.165) is 12.0 Å². The Morgan fingerprint density at radius 2 is 1.94 bits per heavy atom. The van der Waals surface area contributed by atoms with Crippen LogP contribution in [0.15, 0.2) is 24.3 Å². The monoisotopic (exact) mass is 430 g/mol. The smallest absolute Gasteiger partial charge is 0.276 e. The van der Waals surface area contributed by atoms with Gasteiger partial charge in [-0.25, -0.2) is 9.07 Å². The zero-order valence-corrected chi connectivity index (χ0v) is 17.6. The molecule has 0 spiro atoms. The Morgan fingerprint density at radius 3 is 2.65 bits per heavy atom. The van der Waals surface area contributed by atoms with Gasteiger partial charge in [0.15, 0.2) is 5.69 Å². The molecule has 0 bridgehead atoms. The Labute approximate surface area is 180 Å². The number of carbonyl (C=O) groups is 2. The van der Waals surface area contributed by atoms with Crippen LogP contribution in [-0.4, -0.2) is 75.9 Å². The van der Waals surface area contributed by atoms with Crippen molar-refractivity contribution in [3.8, 4) is 0 Å². The first-order chi connectivity index (χ1) is 15.0. The van der Waals surface area contributed by atoms with Crippen molar-refractivity contribution in [3.05, 3.63) is 47.0 Å². The van der Waals surface area contributed by atoms with Gasteiger partial charge in [-0.2, -0.15) is 0 Å². The lowest BCUT2D eigenvalue weighted by molar-refractivity contribution is -0.122. The van der Waals surface area contributed by atoms with Crippen LogP contribution in [0.2, 0.25) is 0 Å². The van der Waals surface area contributed by atoms with Crippen LogP contribution in [-0.2, 0) is 22.7 Å². The summed E-state index contributed by atoms with van der Waals surface area (Å²) in [6, 6.07) is 6.18. The second kappa shape index (κ2) is 9.52. The second-order valence-electron chi connectivity index (χ2n) is 7.84. The first-order valence-corrected chi connectivity index (χ1v) is 10.6. The molecular weight excluding hydrogens is 403 g/mol. The summed E-state index contributed by atoms with van der Waals surface area (Å²) < 4.78 is 20.8. The molecule has 1 atom stereocenters. The van der Waals surface area contributed by atoms with Crippen LogP contribution in [0.3, 0.4) is 0 Å². The molecule has 9 nitrogen and oxygen atoms in total. The van der Waals surface area contributed by atoms with Gasteiger partial charge in [0.05, 0.1) is 25.4 Å². The predicted molar refractivity (Wildman–Crippen MR) is 110 cm³/mol. The largest absolute Gasteiger partial charge is 0.365 e. The van der Waals surface area contributed by atoms with Crippen LogP contribution < -0.4 is 5.32 Å². The van der Waals surface area contributed by atoms with Gasteiger partial charge in [0.1, 0.15) is 11.9 Å². The van der Waals surface area contributed by atoms with Gasteiger partial charge < -0.3 is 15.0 Å². The lowest BCUT2D eigenvalue weighted by atomic mass is 10.1. The third kappa shape index (κ3) is 4.91. The van der Waals surface area contributed by atoms with Crippen molar-refractivity contribution >= 4 is 11.8 Å². The van der Waals surface area contributed by atoms with Crippen LogP contribution >= 0.6 is 0 Å². The minimum absolute atomic E-state index is 0.0156. The maximum Gasteiger partial charge on any atom is 0.276 e. The zero-order chi connectivity index (χ0) is 21.8. The van der Waals surface area contributed by atoms with Crippen molar-refractivity contribution in [3.63, 3.8) is 0 Å². The summed E-state index contributed by atoms with van der Waals surface area (Å²) in [6.07, 6.45) is 0.644. The van der Waals surface area contributed by atoms with Crippen LogP contribution in [0.25, 0.3) is 0 Å². The highest BCUT2D eigenvalue weighted by molar-refractivity contribution is 5.93. The quantitative estimate of drug-likeness (QED) is 0.734. The maximum atomic E-state index is 13.2. The average Bonchev–Trinajstić information content (AvgIpc) is 3.21. The fourth-order valence-electron chi connectivity index (χ4n) is 3.84. The highest BCUT2D eigenvalue weighted by Crippen LogP contribution is 2.27. The van der Waals surface area contributed by atoms with Gasteiger partial charge in [-0.3, -0.25) is 14.5 Å². The Hall–Kier alpha value is -2.85. The molecule has 2 aromatic rings. The molecule has 31 heavy (non-hydrogen) atoms. The van der Waals surface area contributed by atoms with E-state index in [-0.39, 0.29) is 30.3 Å². The summed E-state index contributed by atoms with van der Waals surface area (Å²) in [4.78, 5) is 28.7. The molecule has 4 rings (SSSR count). The van der Waals surface area contributed by atoms with Gasteiger partial charge in [-0.15, -0.1) is 5.10 Å². The summed E-state index contributed by atoms with van der Waals surface area (Å²) in [6.45, 7) is 6.02. The molecule has 10 heteroatoms. The van der Waals surface area contributed by atoms with Crippen molar-refractivity contribution in [2.75, 3.05) is 39.3 Å². The third-order valence-corrected chi connectivity index (χ3v) is 5.64. The number of amides is 2. The van der Waals surface area contributed by atoms with E-state index in [9.17, 15) is 14.0 Å². The van der Waals surface area contributed by atoms with Gasteiger partial charge in [0.2, 0.25) is 5.91 Å². The number of hydrogen-bond acceptors (Lipinski definition) is 6. The van der Waals surface area contributed by atoms with E-state index in [1.165, 1.54) is 12.1 Å². The molecule has 0 saturated carbocycles. The highest BCUT2D eigenvalue weighted by Gasteiger charge is 2.31. The van der Waals surface area contributed by atoms with Crippen molar-refractivity contribution < 1.29 is 18.7 Å². The Bertz CT molecular complexity index is 924. The number of halogens is 1. The summed E-state index contributed by atoms with van der Waals surface area (Å²) in [5.41, 5.74) is 1.82. The van der Waals surface area contributed by atoms with Crippen LogP contribution in [0, 0.1) is 5.82 Å². The van der Waals surface area contributed by atoms with Gasteiger partial charge >= 0.3 is 0 Å². The second-order valence-corrected chi connectivity index (χ2v) is 7.84. The van der Waals surface area contributed by atoms with Crippen molar-refractivity contribution in [2.24, 2.45) is 0 Å². The number of nitrogens with one attached hydrogen (secondary N) is 1. The fraction of sp³-hybridized carbons (Fsp3) is 0.524. The molecule has 1 saturated heterocycles. The van der Waals surface area contributed by atoms with E-state index in [2.05, 4.69) is 15.6 Å². The fourth-order valence-corrected chi connectivity index (χ4v) is 3.84. The molecule has 2 aliphatic rings. The molecule has 1 N–H and O–H groups in total. The normalized spacial score (nSPS) is 19.2. The van der Waals surface area contributed by atoms with Gasteiger partial charge in [-0.1, -0.05) is 24.3 Å². The predicted octanol–water partition coefficient (Wildman–Crippen LogP) is 0.973. The number of fused-ring (bicyclic) bond motifs is 1. The van der Waals surface area contributed by atoms with E-state index in [4.69, 9.17) is 4.74 Å². The Kier molecular flexibility index (Phi) is 6.57. The van der Waals surface area contributed by atoms with Gasteiger partial charge in [0, 0.05) is 32.7 Å². The SMILES string of the molecule is CCCNC(=O)CN1CCN(C(=O)c2nnn3c2CO[C@@H](c2ccc(F)cc2)C3)CC1. The molecular formula is C21H27FN6O3. The minimum Gasteiger partial charge on any atom is -0.365 e. The maximum absolute atomic E-state index is 13.2. The number of nitrogens with zero attached hydrogens (tertiary/aromatic N) is 5. The minimum atomic E-state index is -0.296. The first kappa shape index (κ1) is 21.4. The van der Waals surface area contributed by atoms with Crippen molar-refractivity contribution in [2.45, 2.75) is 32.6 Å². The summed E-state index contributed by atoms with van der Waals surface area (Å²) >= 11 is 0. The number of piperazine rings is 1. The lowest BCUT2D eigenvalue weighted by Crippen LogP contribution is -2.51. The number of ether oxygens (including phenoxy) is 1. The summed E-state index contributed by atoms with van der Waals surface area (Å²) in [7, 11) is 0. The van der Waals surface area contributed by atoms with Crippen LogP contribution in [0.5, 0.6) is 0 Å². The van der Waals surface area contributed by atoms with E-state index in [0.29, 0.717) is 57.2 Å². The van der Waals surface area contributed by atoms with Crippen molar-refractivity contribution in [1.29, 1.82) is 0 Å². The van der Waals surface area contributed by atoms with Crippen LogP contribution in [0.4, 0.5) is 4.39 Å². The first-order valence-electron chi connectivity index (χ1n) is 10.6.